The number of benzene rings is 2. The van der Waals surface area contributed by atoms with Gasteiger partial charge in [-0.15, -0.1) is 0 Å². The summed E-state index contributed by atoms with van der Waals surface area (Å²) in [4.78, 5) is 17.8. The molecule has 0 spiro atoms. The van der Waals surface area contributed by atoms with E-state index >= 15 is 0 Å². The summed E-state index contributed by atoms with van der Waals surface area (Å²) in [7, 11) is 0. The number of nitrogens with one attached hydrogen (secondary N) is 2. The predicted octanol–water partition coefficient (Wildman–Crippen LogP) is 5.15. The molecule has 2 aromatic carbocycles. The number of anilines is 1. The van der Waals surface area contributed by atoms with Gasteiger partial charge in [0.2, 0.25) is 5.91 Å². The van der Waals surface area contributed by atoms with Crippen LogP contribution in [0.2, 0.25) is 0 Å². The van der Waals surface area contributed by atoms with Crippen molar-refractivity contribution in [3.63, 3.8) is 0 Å². The number of hydrogen-bond donors (Lipinski definition) is 2. The first-order valence-electron chi connectivity index (χ1n) is 12.3. The molecule has 0 fully saturated rings. The van der Waals surface area contributed by atoms with Gasteiger partial charge in [-0.1, -0.05) is 49.4 Å². The molecule has 0 aliphatic rings. The van der Waals surface area contributed by atoms with E-state index in [4.69, 9.17) is 5.26 Å². The van der Waals surface area contributed by atoms with Crippen molar-refractivity contribution in [2.24, 2.45) is 0 Å². The van der Waals surface area contributed by atoms with E-state index in [9.17, 15) is 10.1 Å². The lowest BCUT2D eigenvalue weighted by Crippen LogP contribution is -2.35. The van der Waals surface area contributed by atoms with Gasteiger partial charge in [0.1, 0.15) is 17.4 Å². The Hall–Kier alpha value is -4.79. The molecular formula is C30H29N7O. The van der Waals surface area contributed by atoms with E-state index < -0.39 is 11.6 Å². The first-order chi connectivity index (χ1) is 18.3. The number of carbonyl (C=O) groups is 1. The first-order valence-corrected chi connectivity index (χ1v) is 12.3. The van der Waals surface area contributed by atoms with Gasteiger partial charge in [0, 0.05) is 30.1 Å². The summed E-state index contributed by atoms with van der Waals surface area (Å²) in [6.07, 6.45) is 5.18. The summed E-state index contributed by atoms with van der Waals surface area (Å²) >= 11 is 0. The molecule has 38 heavy (non-hydrogen) atoms. The molecule has 8 heteroatoms. The molecule has 0 saturated heterocycles. The predicted molar refractivity (Wildman–Crippen MR) is 146 cm³/mol. The lowest BCUT2D eigenvalue weighted by atomic mass is 9.98. The maximum absolute atomic E-state index is 13.4. The van der Waals surface area contributed by atoms with Gasteiger partial charge < -0.3 is 10.6 Å². The highest BCUT2D eigenvalue weighted by Crippen LogP contribution is 2.23. The fraction of sp³-hybridized carbons (Fsp3) is 0.233. The third-order valence-corrected chi connectivity index (χ3v) is 6.41. The Morgan fingerprint density at radius 2 is 1.71 bits per heavy atom. The van der Waals surface area contributed by atoms with Crippen LogP contribution in [-0.4, -0.2) is 27.2 Å². The summed E-state index contributed by atoms with van der Waals surface area (Å²) in [6, 6.07) is 24.5. The second-order valence-electron chi connectivity index (χ2n) is 9.65. The number of nitriles is 2. The van der Waals surface area contributed by atoms with Gasteiger partial charge in [0.15, 0.2) is 0 Å². The topological polar surface area (TPSA) is 119 Å². The minimum atomic E-state index is -0.753. The smallest absolute Gasteiger partial charge is 0.247 e. The van der Waals surface area contributed by atoms with Gasteiger partial charge in [0.25, 0.3) is 0 Å². The van der Waals surface area contributed by atoms with E-state index in [0.29, 0.717) is 17.9 Å². The summed E-state index contributed by atoms with van der Waals surface area (Å²) in [5.41, 5.74) is 3.46. The van der Waals surface area contributed by atoms with Crippen molar-refractivity contribution in [1.29, 1.82) is 10.5 Å². The second kappa shape index (κ2) is 11.5. The molecule has 190 valence electrons. The minimum absolute atomic E-state index is 0.131. The van der Waals surface area contributed by atoms with Gasteiger partial charge in [-0.2, -0.15) is 15.6 Å². The van der Waals surface area contributed by atoms with Gasteiger partial charge in [-0.3, -0.25) is 9.48 Å². The van der Waals surface area contributed by atoms with Gasteiger partial charge in [0.05, 0.1) is 23.9 Å². The van der Waals surface area contributed by atoms with E-state index in [1.54, 1.807) is 49.1 Å². The molecule has 1 amide bonds. The average molecular weight is 504 g/mol. The molecule has 0 aliphatic heterocycles. The molecule has 2 atom stereocenters. The molecule has 8 nitrogen and oxygen atoms in total. The molecule has 2 heterocycles. The second-order valence-corrected chi connectivity index (χ2v) is 9.65. The zero-order valence-electron chi connectivity index (χ0n) is 21.6. The number of hydrogen-bond acceptors (Lipinski definition) is 6. The molecule has 0 unspecified atom stereocenters. The number of pyridine rings is 1. The first kappa shape index (κ1) is 26.3. The Morgan fingerprint density at radius 3 is 2.34 bits per heavy atom. The monoisotopic (exact) mass is 503 g/mol. The maximum atomic E-state index is 13.4. The molecule has 0 aliphatic carbocycles. The number of rotatable bonds is 9. The lowest BCUT2D eigenvalue weighted by Gasteiger charge is -2.21. The fourth-order valence-electron chi connectivity index (χ4n) is 3.97. The highest BCUT2D eigenvalue weighted by Gasteiger charge is 2.23. The van der Waals surface area contributed by atoms with Crippen LogP contribution in [0.4, 0.5) is 5.82 Å². The van der Waals surface area contributed by atoms with E-state index in [-0.39, 0.29) is 11.8 Å². The number of carbonyl (C=O) groups excluding carboxylic acids is 1. The van der Waals surface area contributed by atoms with Crippen LogP contribution in [0, 0.1) is 22.7 Å². The molecule has 0 bridgehead atoms. The van der Waals surface area contributed by atoms with Crippen LogP contribution in [0.15, 0.2) is 85.3 Å². The van der Waals surface area contributed by atoms with Crippen LogP contribution in [0.1, 0.15) is 49.4 Å². The molecular weight excluding hydrogens is 474 g/mol. The van der Waals surface area contributed by atoms with Crippen molar-refractivity contribution < 1.29 is 4.79 Å². The van der Waals surface area contributed by atoms with Crippen LogP contribution >= 0.6 is 0 Å². The standard InChI is InChI=1S/C30H29N7O/c1-21(23-11-9-22(15-31)10-12-23)16-34-28(24-7-5-4-6-8-24)29(38)36-27-14-13-25(17-33-27)26-18-35-37(19-26)30(2,3)20-32/h4-14,17-19,21,28,34H,16H2,1-3H3,(H,33,36,38)/t21-,28+/m0/s1. The Labute approximate surface area is 222 Å². The molecule has 2 aromatic heterocycles. The van der Waals surface area contributed by atoms with E-state index in [2.05, 4.69) is 39.8 Å². The van der Waals surface area contributed by atoms with Gasteiger partial charge >= 0.3 is 0 Å². The zero-order valence-corrected chi connectivity index (χ0v) is 21.6. The number of aromatic nitrogens is 3. The largest absolute Gasteiger partial charge is 0.309 e. The SMILES string of the molecule is C[C@@H](CN[C@@H](C(=O)Nc1ccc(-c2cnn(C(C)(C)C#N)c2)cn1)c1ccccc1)c1ccc(C#N)cc1. The normalized spacial score (nSPS) is 12.7. The molecule has 2 N–H and O–H groups in total. The van der Waals surface area contributed by atoms with Crippen LogP contribution in [0.5, 0.6) is 0 Å². The summed E-state index contributed by atoms with van der Waals surface area (Å²) < 4.78 is 1.62. The quantitative estimate of drug-likeness (QED) is 0.326. The summed E-state index contributed by atoms with van der Waals surface area (Å²) in [6.45, 7) is 6.23. The van der Waals surface area contributed by atoms with Gasteiger partial charge in [-0.25, -0.2) is 4.98 Å². The van der Waals surface area contributed by atoms with E-state index in [0.717, 1.165) is 22.3 Å². The Morgan fingerprint density at radius 1 is 0.974 bits per heavy atom. The molecule has 4 rings (SSSR count). The fourth-order valence-corrected chi connectivity index (χ4v) is 3.97. The molecule has 0 saturated carbocycles. The Balaban J connectivity index is 1.46. The van der Waals surface area contributed by atoms with E-state index in [1.165, 1.54) is 0 Å². The molecule has 4 aromatic rings. The van der Waals surface area contributed by atoms with Crippen LogP contribution < -0.4 is 10.6 Å². The summed E-state index contributed by atoms with van der Waals surface area (Å²) in [5.74, 6) is 0.351. The number of nitrogens with zero attached hydrogens (tertiary/aromatic N) is 5. The third kappa shape index (κ3) is 6.12. The van der Waals surface area contributed by atoms with Crippen molar-refractivity contribution >= 4 is 11.7 Å². The Bertz CT molecular complexity index is 1460. The summed E-state index contributed by atoms with van der Waals surface area (Å²) in [5, 5.41) is 29.0. The van der Waals surface area contributed by atoms with E-state index in [1.807, 2.05) is 54.7 Å². The lowest BCUT2D eigenvalue weighted by molar-refractivity contribution is -0.118. The van der Waals surface area contributed by atoms with Crippen molar-refractivity contribution in [2.45, 2.75) is 38.3 Å². The zero-order chi connectivity index (χ0) is 27.1. The maximum Gasteiger partial charge on any atom is 0.247 e. The van der Waals surface area contributed by atoms with Crippen LogP contribution in [0.3, 0.4) is 0 Å². The average Bonchev–Trinajstić information content (AvgIpc) is 3.45. The van der Waals surface area contributed by atoms with Crippen molar-refractivity contribution in [3.8, 4) is 23.3 Å². The van der Waals surface area contributed by atoms with Crippen LogP contribution in [0.25, 0.3) is 11.1 Å². The van der Waals surface area contributed by atoms with Crippen molar-refractivity contribution in [1.82, 2.24) is 20.1 Å². The highest BCUT2D eigenvalue weighted by molar-refractivity contribution is 5.95. The Kier molecular flexibility index (Phi) is 7.96. The minimum Gasteiger partial charge on any atom is -0.309 e. The van der Waals surface area contributed by atoms with Crippen molar-refractivity contribution in [2.75, 3.05) is 11.9 Å². The van der Waals surface area contributed by atoms with Crippen LogP contribution in [-0.2, 0) is 10.3 Å². The van der Waals surface area contributed by atoms with Gasteiger partial charge in [-0.05, 0) is 55.2 Å². The highest BCUT2D eigenvalue weighted by atomic mass is 16.2. The van der Waals surface area contributed by atoms with Crippen molar-refractivity contribution in [3.05, 3.63) is 102 Å². The molecule has 0 radical (unpaired) electrons. The third-order valence-electron chi connectivity index (χ3n) is 6.41. The number of amides is 1.